The van der Waals surface area contributed by atoms with E-state index >= 15 is 0 Å². The molecular formula is C16H27O6P. The summed E-state index contributed by atoms with van der Waals surface area (Å²) in [6, 6.07) is 0. The van der Waals surface area contributed by atoms with Gasteiger partial charge in [0, 0.05) is 5.92 Å². The fraction of sp³-hybridized carbons (Fsp3) is 0.688. The molecule has 1 aliphatic heterocycles. The largest absolute Gasteiger partial charge is 0.463 e. The third-order valence-electron chi connectivity index (χ3n) is 2.95. The van der Waals surface area contributed by atoms with Crippen LogP contribution in [0, 0.1) is 5.92 Å². The van der Waals surface area contributed by atoms with E-state index in [4.69, 9.17) is 18.5 Å². The van der Waals surface area contributed by atoms with Crippen molar-refractivity contribution in [2.75, 3.05) is 6.61 Å². The molecule has 0 bridgehead atoms. The van der Waals surface area contributed by atoms with Crippen molar-refractivity contribution in [3.8, 4) is 0 Å². The molecule has 132 valence electrons. The van der Waals surface area contributed by atoms with Gasteiger partial charge >= 0.3 is 13.6 Å². The Morgan fingerprint density at radius 1 is 1.26 bits per heavy atom. The van der Waals surface area contributed by atoms with Gasteiger partial charge in [-0.3, -0.25) is 4.57 Å². The number of carbonyl (C=O) groups is 1. The van der Waals surface area contributed by atoms with Crippen LogP contribution < -0.4 is 0 Å². The summed E-state index contributed by atoms with van der Waals surface area (Å²) in [7, 11) is -3.60. The smallest absolute Gasteiger partial charge is 0.396 e. The zero-order valence-corrected chi connectivity index (χ0v) is 15.8. The molecule has 1 atom stereocenters. The van der Waals surface area contributed by atoms with Crippen molar-refractivity contribution in [1.29, 1.82) is 0 Å². The normalized spacial score (nSPS) is 19.0. The lowest BCUT2D eigenvalue weighted by molar-refractivity contribution is -0.139. The first-order chi connectivity index (χ1) is 10.6. The van der Waals surface area contributed by atoms with Crippen LogP contribution in [0.1, 0.15) is 48.5 Å². The summed E-state index contributed by atoms with van der Waals surface area (Å²) >= 11 is 0. The molecule has 0 aromatic rings. The summed E-state index contributed by atoms with van der Waals surface area (Å²) < 4.78 is 34.8. The van der Waals surface area contributed by atoms with Crippen molar-refractivity contribution < 1.29 is 27.9 Å². The minimum atomic E-state index is -3.60. The van der Waals surface area contributed by atoms with Gasteiger partial charge < -0.3 is 18.5 Å². The highest BCUT2D eigenvalue weighted by atomic mass is 31.2. The molecule has 0 saturated heterocycles. The van der Waals surface area contributed by atoms with Gasteiger partial charge in [0.25, 0.3) is 0 Å². The first-order valence-electron chi connectivity index (χ1n) is 7.85. The Bertz CT molecular complexity index is 533. The van der Waals surface area contributed by atoms with Gasteiger partial charge in [-0.25, -0.2) is 4.79 Å². The minimum absolute atomic E-state index is 0.123. The summed E-state index contributed by atoms with van der Waals surface area (Å²) in [6.45, 7) is 12.6. The molecular weight excluding hydrogens is 319 g/mol. The summed E-state index contributed by atoms with van der Waals surface area (Å²) in [5, 5.41) is 0. The van der Waals surface area contributed by atoms with E-state index in [1.54, 1.807) is 47.6 Å². The Kier molecular flexibility index (Phi) is 7.05. The Morgan fingerprint density at radius 3 is 2.17 bits per heavy atom. The molecule has 1 aliphatic rings. The maximum absolute atomic E-state index is 13.1. The van der Waals surface area contributed by atoms with Crippen LogP contribution in [0.2, 0.25) is 0 Å². The highest BCUT2D eigenvalue weighted by Gasteiger charge is 2.39. The second-order valence-corrected chi connectivity index (χ2v) is 7.75. The lowest BCUT2D eigenvalue weighted by atomic mass is 9.99. The Hall–Kier alpha value is -1.10. The monoisotopic (exact) mass is 346 g/mol. The Balaban J connectivity index is 3.12. The average Bonchev–Trinajstić information content (AvgIpc) is 2.35. The van der Waals surface area contributed by atoms with E-state index in [0.29, 0.717) is 11.3 Å². The van der Waals surface area contributed by atoms with Crippen LogP contribution in [-0.2, 0) is 27.9 Å². The van der Waals surface area contributed by atoms with Gasteiger partial charge in [-0.2, -0.15) is 0 Å². The maximum atomic E-state index is 13.1. The summed E-state index contributed by atoms with van der Waals surface area (Å²) in [4.78, 5) is 12.0. The SMILES string of the molecule is CCOC(=O)C1=C(C)OC(P(=O)(OC(C)C)OC(C)C)=CC1C. The van der Waals surface area contributed by atoms with Crippen LogP contribution in [0.25, 0.3) is 0 Å². The summed E-state index contributed by atoms with van der Waals surface area (Å²) in [5.74, 6) is -0.386. The van der Waals surface area contributed by atoms with Gasteiger partial charge in [-0.05, 0) is 47.6 Å². The molecule has 0 fully saturated rings. The van der Waals surface area contributed by atoms with Gasteiger partial charge in [-0.1, -0.05) is 6.92 Å². The highest BCUT2D eigenvalue weighted by molar-refractivity contribution is 7.58. The Labute approximate surface area is 138 Å². The lowest BCUT2D eigenvalue weighted by Crippen LogP contribution is -2.20. The van der Waals surface area contributed by atoms with Gasteiger partial charge in [0.2, 0.25) is 5.50 Å². The van der Waals surface area contributed by atoms with Gasteiger partial charge in [0.05, 0.1) is 24.4 Å². The molecule has 0 aromatic carbocycles. The number of ether oxygens (including phenoxy) is 2. The van der Waals surface area contributed by atoms with E-state index in [-0.39, 0.29) is 30.2 Å². The van der Waals surface area contributed by atoms with Crippen molar-refractivity contribution in [3.63, 3.8) is 0 Å². The zero-order chi connectivity index (χ0) is 17.8. The van der Waals surface area contributed by atoms with Crippen LogP contribution >= 0.6 is 7.60 Å². The predicted octanol–water partition coefficient (Wildman–Crippen LogP) is 4.37. The molecule has 7 heteroatoms. The zero-order valence-electron chi connectivity index (χ0n) is 14.9. The van der Waals surface area contributed by atoms with E-state index in [1.165, 1.54) is 0 Å². The molecule has 0 aliphatic carbocycles. The fourth-order valence-electron chi connectivity index (χ4n) is 2.23. The van der Waals surface area contributed by atoms with E-state index in [9.17, 15) is 9.36 Å². The topological polar surface area (TPSA) is 71.1 Å². The molecule has 0 N–H and O–H groups in total. The number of allylic oxidation sites excluding steroid dienone is 2. The molecule has 0 aromatic heterocycles. The number of carbonyl (C=O) groups excluding carboxylic acids is 1. The molecule has 1 heterocycles. The number of rotatable bonds is 7. The van der Waals surface area contributed by atoms with Crippen molar-refractivity contribution in [3.05, 3.63) is 22.9 Å². The number of hydrogen-bond acceptors (Lipinski definition) is 6. The van der Waals surface area contributed by atoms with Crippen molar-refractivity contribution in [2.45, 2.75) is 60.7 Å². The van der Waals surface area contributed by atoms with Crippen LogP contribution in [0.5, 0.6) is 0 Å². The van der Waals surface area contributed by atoms with E-state index in [2.05, 4.69) is 0 Å². The van der Waals surface area contributed by atoms with Crippen molar-refractivity contribution >= 4 is 13.6 Å². The third-order valence-corrected chi connectivity index (χ3v) is 5.13. The average molecular weight is 346 g/mol. The molecule has 0 saturated carbocycles. The maximum Gasteiger partial charge on any atom is 0.396 e. The van der Waals surface area contributed by atoms with Gasteiger partial charge in [-0.15, -0.1) is 0 Å². The van der Waals surface area contributed by atoms with Crippen LogP contribution in [0.15, 0.2) is 22.9 Å². The predicted molar refractivity (Wildman–Crippen MR) is 87.7 cm³/mol. The first kappa shape index (κ1) is 19.9. The number of hydrogen-bond donors (Lipinski definition) is 0. The van der Waals surface area contributed by atoms with Crippen LogP contribution in [0.4, 0.5) is 0 Å². The van der Waals surface area contributed by atoms with Crippen molar-refractivity contribution in [2.24, 2.45) is 5.92 Å². The first-order valence-corrected chi connectivity index (χ1v) is 9.40. The van der Waals surface area contributed by atoms with E-state index in [1.807, 2.05) is 6.92 Å². The molecule has 23 heavy (non-hydrogen) atoms. The summed E-state index contributed by atoms with van der Waals surface area (Å²) in [6.07, 6.45) is 1.01. The molecule has 6 nitrogen and oxygen atoms in total. The second-order valence-electron chi connectivity index (χ2n) is 5.89. The standard InChI is InChI=1S/C16H27O6P/c1-8-19-16(17)15-12(6)9-14(20-13(15)7)23(18,21-10(2)3)22-11(4)5/h9-12H,8H2,1-7H3. The van der Waals surface area contributed by atoms with Gasteiger partial charge in [0.1, 0.15) is 5.76 Å². The summed E-state index contributed by atoms with van der Waals surface area (Å²) in [5.41, 5.74) is 0.536. The third kappa shape index (κ3) is 5.20. The second kappa shape index (κ2) is 8.13. The van der Waals surface area contributed by atoms with E-state index < -0.39 is 13.6 Å². The van der Waals surface area contributed by atoms with Crippen LogP contribution in [-0.4, -0.2) is 24.8 Å². The van der Waals surface area contributed by atoms with Crippen molar-refractivity contribution in [1.82, 2.24) is 0 Å². The molecule has 0 amide bonds. The Morgan fingerprint density at radius 2 is 1.78 bits per heavy atom. The molecule has 0 radical (unpaired) electrons. The minimum Gasteiger partial charge on any atom is -0.463 e. The molecule has 0 spiro atoms. The molecule has 1 rings (SSSR count). The van der Waals surface area contributed by atoms with E-state index in [0.717, 1.165) is 0 Å². The number of esters is 1. The molecule has 1 unspecified atom stereocenters. The van der Waals surface area contributed by atoms with Crippen LogP contribution in [0.3, 0.4) is 0 Å². The highest BCUT2D eigenvalue weighted by Crippen LogP contribution is 2.60. The van der Waals surface area contributed by atoms with Gasteiger partial charge in [0.15, 0.2) is 0 Å². The quantitative estimate of drug-likeness (QED) is 0.503. The fourth-order valence-corrected chi connectivity index (χ4v) is 4.26. The lowest BCUT2D eigenvalue weighted by Gasteiger charge is -2.29.